The highest BCUT2D eigenvalue weighted by atomic mass is 16.5. The molecule has 0 aliphatic heterocycles. The summed E-state index contributed by atoms with van der Waals surface area (Å²) in [5, 5.41) is 11.7. The van der Waals surface area contributed by atoms with Crippen LogP contribution in [0.3, 0.4) is 0 Å². The van der Waals surface area contributed by atoms with E-state index >= 15 is 0 Å². The molecule has 1 aromatic rings. The highest BCUT2D eigenvalue weighted by molar-refractivity contribution is 5.82. The molecule has 0 fully saturated rings. The topological polar surface area (TPSA) is 85.5 Å². The van der Waals surface area contributed by atoms with Gasteiger partial charge in [0, 0.05) is 0 Å². The second-order valence-electron chi connectivity index (χ2n) is 2.90. The summed E-state index contributed by atoms with van der Waals surface area (Å²) < 4.78 is 0. The number of amides is 1. The first-order chi connectivity index (χ1) is 6.69. The van der Waals surface area contributed by atoms with Crippen LogP contribution in [0, 0.1) is 5.53 Å². The van der Waals surface area contributed by atoms with Crippen molar-refractivity contribution < 1.29 is 10.0 Å². The molecule has 0 heterocycles. The van der Waals surface area contributed by atoms with E-state index in [1.807, 2.05) is 0 Å². The predicted octanol–water partition coefficient (Wildman–Crippen LogP) is 1.96. The molecule has 0 aromatic heterocycles. The number of hydroxylamine groups is 1. The summed E-state index contributed by atoms with van der Waals surface area (Å²) in [6.45, 7) is 1.68. The SMILES string of the molecule is CC(C(=O)NO)c1ccc(N=N)cc1. The van der Waals surface area contributed by atoms with Crippen molar-refractivity contribution in [2.24, 2.45) is 5.11 Å². The number of hydrogen-bond donors (Lipinski definition) is 3. The molecule has 0 spiro atoms. The molecule has 1 amide bonds. The summed E-state index contributed by atoms with van der Waals surface area (Å²) in [6, 6.07) is 6.69. The Kier molecular flexibility index (Phi) is 3.30. The molecule has 1 unspecified atom stereocenters. The second kappa shape index (κ2) is 4.48. The van der Waals surface area contributed by atoms with Crippen LogP contribution in [-0.4, -0.2) is 11.1 Å². The summed E-state index contributed by atoms with van der Waals surface area (Å²) >= 11 is 0. The Hall–Kier alpha value is -1.75. The normalized spacial score (nSPS) is 11.9. The number of hydrogen-bond acceptors (Lipinski definition) is 4. The van der Waals surface area contributed by atoms with Crippen molar-refractivity contribution in [3.63, 3.8) is 0 Å². The second-order valence-corrected chi connectivity index (χ2v) is 2.90. The molecular formula is C9H11N3O2. The van der Waals surface area contributed by atoms with Gasteiger partial charge in [-0.05, 0) is 24.6 Å². The molecule has 1 rings (SSSR count). The van der Waals surface area contributed by atoms with E-state index in [0.717, 1.165) is 5.56 Å². The van der Waals surface area contributed by atoms with E-state index in [1.165, 1.54) is 0 Å². The zero-order valence-electron chi connectivity index (χ0n) is 7.69. The molecule has 5 nitrogen and oxygen atoms in total. The average Bonchev–Trinajstić information content (AvgIpc) is 2.27. The van der Waals surface area contributed by atoms with Gasteiger partial charge in [-0.1, -0.05) is 12.1 Å². The molecule has 1 aromatic carbocycles. The first kappa shape index (κ1) is 10.3. The monoisotopic (exact) mass is 193 g/mol. The van der Waals surface area contributed by atoms with Gasteiger partial charge in [0.25, 0.3) is 5.91 Å². The van der Waals surface area contributed by atoms with Gasteiger partial charge in [-0.25, -0.2) is 11.0 Å². The van der Waals surface area contributed by atoms with Gasteiger partial charge in [0.2, 0.25) is 0 Å². The van der Waals surface area contributed by atoms with Gasteiger partial charge in [-0.3, -0.25) is 10.0 Å². The summed E-state index contributed by atoms with van der Waals surface area (Å²) in [5.74, 6) is -0.875. The molecular weight excluding hydrogens is 182 g/mol. The Morgan fingerprint density at radius 3 is 2.50 bits per heavy atom. The minimum Gasteiger partial charge on any atom is -0.289 e. The molecule has 0 saturated carbocycles. The van der Waals surface area contributed by atoms with Crippen LogP contribution in [-0.2, 0) is 4.79 Å². The van der Waals surface area contributed by atoms with Gasteiger partial charge >= 0.3 is 0 Å². The predicted molar refractivity (Wildman–Crippen MR) is 49.6 cm³/mol. The van der Waals surface area contributed by atoms with E-state index in [4.69, 9.17) is 10.7 Å². The highest BCUT2D eigenvalue weighted by Gasteiger charge is 2.13. The van der Waals surface area contributed by atoms with Crippen LogP contribution in [0.2, 0.25) is 0 Å². The zero-order valence-corrected chi connectivity index (χ0v) is 7.69. The third-order valence-corrected chi connectivity index (χ3v) is 2.03. The lowest BCUT2D eigenvalue weighted by atomic mass is 10.0. The van der Waals surface area contributed by atoms with Gasteiger partial charge in [0.05, 0.1) is 11.6 Å². The number of nitrogens with zero attached hydrogens (tertiary/aromatic N) is 1. The number of carbonyl (C=O) groups is 1. The van der Waals surface area contributed by atoms with Gasteiger partial charge in [-0.2, -0.15) is 5.11 Å². The van der Waals surface area contributed by atoms with Crippen LogP contribution in [0.4, 0.5) is 5.69 Å². The maximum atomic E-state index is 11.0. The Morgan fingerprint density at radius 2 is 2.07 bits per heavy atom. The van der Waals surface area contributed by atoms with Crippen molar-refractivity contribution in [1.82, 2.24) is 5.48 Å². The number of carbonyl (C=O) groups excluding carboxylic acids is 1. The molecule has 3 N–H and O–H groups in total. The standard InChI is InChI=1S/C9H11N3O2/c1-6(9(13)12-14)7-2-4-8(11-10)5-3-7/h2-6,10,14H,1H3,(H,12,13). The number of nitrogens with one attached hydrogen (secondary N) is 2. The maximum Gasteiger partial charge on any atom is 0.250 e. The first-order valence-electron chi connectivity index (χ1n) is 4.10. The third kappa shape index (κ3) is 2.14. The van der Waals surface area contributed by atoms with Crippen molar-refractivity contribution in [1.29, 1.82) is 5.53 Å². The Labute approximate surface area is 81.2 Å². The Bertz CT molecular complexity index is 334. The minimum absolute atomic E-state index is 0.417. The Balaban J connectivity index is 2.86. The summed E-state index contributed by atoms with van der Waals surface area (Å²) in [4.78, 5) is 11.0. The van der Waals surface area contributed by atoms with Crippen LogP contribution < -0.4 is 5.48 Å². The number of benzene rings is 1. The molecule has 74 valence electrons. The largest absolute Gasteiger partial charge is 0.289 e. The lowest BCUT2D eigenvalue weighted by Crippen LogP contribution is -2.24. The quantitative estimate of drug-likeness (QED) is 0.389. The molecule has 0 aliphatic rings. The van der Waals surface area contributed by atoms with Crippen LogP contribution in [0.25, 0.3) is 0 Å². The highest BCUT2D eigenvalue weighted by Crippen LogP contribution is 2.19. The molecule has 0 radical (unpaired) electrons. The molecule has 5 heteroatoms. The van der Waals surface area contributed by atoms with Gasteiger partial charge in [-0.15, -0.1) is 0 Å². The van der Waals surface area contributed by atoms with Crippen molar-refractivity contribution in [3.05, 3.63) is 29.8 Å². The summed E-state index contributed by atoms with van der Waals surface area (Å²) in [7, 11) is 0. The molecule has 0 aliphatic carbocycles. The van der Waals surface area contributed by atoms with Crippen molar-refractivity contribution in [3.8, 4) is 0 Å². The summed E-state index contributed by atoms with van der Waals surface area (Å²) in [5.41, 5.74) is 9.64. The summed E-state index contributed by atoms with van der Waals surface area (Å²) in [6.07, 6.45) is 0. The fourth-order valence-electron chi connectivity index (χ4n) is 1.09. The first-order valence-corrected chi connectivity index (χ1v) is 4.10. The van der Waals surface area contributed by atoms with E-state index in [-0.39, 0.29) is 0 Å². The Morgan fingerprint density at radius 1 is 1.50 bits per heavy atom. The third-order valence-electron chi connectivity index (χ3n) is 2.03. The van der Waals surface area contributed by atoms with Crippen LogP contribution in [0.15, 0.2) is 29.4 Å². The van der Waals surface area contributed by atoms with Gasteiger partial charge < -0.3 is 0 Å². The van der Waals surface area contributed by atoms with Gasteiger partial charge in [0.1, 0.15) is 0 Å². The fraction of sp³-hybridized carbons (Fsp3) is 0.222. The van der Waals surface area contributed by atoms with Gasteiger partial charge in [0.15, 0.2) is 0 Å². The van der Waals surface area contributed by atoms with E-state index in [2.05, 4.69) is 5.11 Å². The zero-order chi connectivity index (χ0) is 10.6. The van der Waals surface area contributed by atoms with E-state index in [1.54, 1.807) is 36.7 Å². The minimum atomic E-state index is -0.458. The van der Waals surface area contributed by atoms with Crippen molar-refractivity contribution in [2.75, 3.05) is 0 Å². The van der Waals surface area contributed by atoms with Crippen molar-refractivity contribution in [2.45, 2.75) is 12.8 Å². The maximum absolute atomic E-state index is 11.0. The smallest absolute Gasteiger partial charge is 0.250 e. The van der Waals surface area contributed by atoms with Crippen LogP contribution in [0.1, 0.15) is 18.4 Å². The van der Waals surface area contributed by atoms with Crippen molar-refractivity contribution >= 4 is 11.6 Å². The average molecular weight is 193 g/mol. The van der Waals surface area contributed by atoms with Crippen LogP contribution in [0.5, 0.6) is 0 Å². The molecule has 14 heavy (non-hydrogen) atoms. The number of rotatable bonds is 3. The van der Waals surface area contributed by atoms with Crippen LogP contribution >= 0.6 is 0 Å². The van der Waals surface area contributed by atoms with E-state index < -0.39 is 11.8 Å². The lowest BCUT2D eigenvalue weighted by molar-refractivity contribution is -0.130. The molecule has 0 saturated heterocycles. The van der Waals surface area contributed by atoms with E-state index in [0.29, 0.717) is 5.69 Å². The lowest BCUT2D eigenvalue weighted by Gasteiger charge is -2.08. The fourth-order valence-corrected chi connectivity index (χ4v) is 1.09. The van der Waals surface area contributed by atoms with E-state index in [9.17, 15) is 4.79 Å². The molecule has 1 atom stereocenters. The molecule has 0 bridgehead atoms.